The van der Waals surface area contributed by atoms with E-state index in [0.29, 0.717) is 17.4 Å². The number of hydrogen-bond donors (Lipinski definition) is 0. The number of nitrogens with zero attached hydrogens (tertiary/aromatic N) is 1. The number of aryl methyl sites for hydroxylation is 5. The van der Waals surface area contributed by atoms with E-state index >= 15 is 4.39 Å². The molecule has 0 spiro atoms. The van der Waals surface area contributed by atoms with Crippen molar-refractivity contribution in [3.63, 3.8) is 0 Å². The molecule has 0 heterocycles. The van der Waals surface area contributed by atoms with Gasteiger partial charge in [0.25, 0.3) is 0 Å². The second-order valence-corrected chi connectivity index (χ2v) is 8.55. The fourth-order valence-electron chi connectivity index (χ4n) is 4.19. The molecule has 164 valence electrons. The van der Waals surface area contributed by atoms with Crippen molar-refractivity contribution in [1.29, 1.82) is 5.26 Å². The lowest BCUT2D eigenvalue weighted by Crippen LogP contribution is -1.97. The molecule has 2 heteroatoms. The van der Waals surface area contributed by atoms with Crippen LogP contribution < -0.4 is 0 Å². The smallest absolute Gasteiger partial charge is 0.134 e. The molecule has 0 aromatic heterocycles. The van der Waals surface area contributed by atoms with E-state index in [2.05, 4.69) is 43.0 Å². The van der Waals surface area contributed by atoms with E-state index in [4.69, 9.17) is 5.26 Å². The lowest BCUT2D eigenvalue weighted by Gasteiger charge is -2.09. The fraction of sp³-hybridized carbons (Fsp3) is 0.194. The Balaban J connectivity index is 1.40. The van der Waals surface area contributed by atoms with Crippen molar-refractivity contribution in [3.8, 4) is 6.07 Å². The molecule has 4 rings (SSSR count). The molecule has 0 unspecified atom stereocenters. The maximum atomic E-state index is 15.2. The Morgan fingerprint density at radius 1 is 0.697 bits per heavy atom. The van der Waals surface area contributed by atoms with E-state index < -0.39 is 0 Å². The van der Waals surface area contributed by atoms with Crippen LogP contribution in [0.2, 0.25) is 0 Å². The van der Waals surface area contributed by atoms with Crippen LogP contribution in [0.15, 0.2) is 91.5 Å². The van der Waals surface area contributed by atoms with Crippen molar-refractivity contribution in [2.45, 2.75) is 38.5 Å². The molecule has 0 aliphatic rings. The number of allylic oxidation sites excluding steroid dienone is 1. The molecule has 0 saturated heterocycles. The van der Waals surface area contributed by atoms with Gasteiger partial charge in [0.2, 0.25) is 0 Å². The van der Waals surface area contributed by atoms with Gasteiger partial charge in [-0.3, -0.25) is 0 Å². The zero-order valence-electron chi connectivity index (χ0n) is 18.9. The van der Waals surface area contributed by atoms with Crippen LogP contribution in [0.1, 0.15) is 39.8 Å². The summed E-state index contributed by atoms with van der Waals surface area (Å²) in [5.41, 5.74) is 6.38. The van der Waals surface area contributed by atoms with E-state index in [-0.39, 0.29) is 5.82 Å². The minimum Gasteiger partial charge on any atom is -0.206 e. The summed E-state index contributed by atoms with van der Waals surface area (Å²) >= 11 is 0. The van der Waals surface area contributed by atoms with E-state index in [9.17, 15) is 0 Å². The highest BCUT2D eigenvalue weighted by molar-refractivity contribution is 5.84. The maximum absolute atomic E-state index is 15.2. The number of benzene rings is 4. The molecule has 0 aliphatic carbocycles. The van der Waals surface area contributed by atoms with Gasteiger partial charge < -0.3 is 0 Å². The summed E-state index contributed by atoms with van der Waals surface area (Å²) in [7, 11) is 0. The van der Waals surface area contributed by atoms with Gasteiger partial charge in [-0.05, 0) is 83.9 Å². The second-order valence-electron chi connectivity index (χ2n) is 8.55. The lowest BCUT2D eigenvalue weighted by atomic mass is 9.97. The van der Waals surface area contributed by atoms with Gasteiger partial charge >= 0.3 is 0 Å². The van der Waals surface area contributed by atoms with Crippen LogP contribution in [0.3, 0.4) is 0 Å². The summed E-state index contributed by atoms with van der Waals surface area (Å²) in [4.78, 5) is 0. The summed E-state index contributed by atoms with van der Waals surface area (Å²) in [5.74, 6) is -0.122. The standard InChI is InChI=1S/C31H28FN/c1-2-3-4-23-5-7-24(8-6-23)9-12-26-16-20-30-29(21-26)19-18-28(31(30)32)17-15-25-10-13-27(22-33)14-11-25/h2,5-8,10-11,13-14,16,18-21H,1,3-4,9,12,15,17H2. The molecule has 33 heavy (non-hydrogen) atoms. The highest BCUT2D eigenvalue weighted by Gasteiger charge is 2.09. The molecule has 0 atom stereocenters. The monoisotopic (exact) mass is 433 g/mol. The van der Waals surface area contributed by atoms with E-state index in [1.807, 2.05) is 54.6 Å². The van der Waals surface area contributed by atoms with Crippen molar-refractivity contribution in [3.05, 3.63) is 131 Å². The highest BCUT2D eigenvalue weighted by atomic mass is 19.1. The van der Waals surface area contributed by atoms with Crippen LogP contribution in [0.5, 0.6) is 0 Å². The zero-order valence-corrected chi connectivity index (χ0v) is 18.9. The first-order valence-electron chi connectivity index (χ1n) is 11.5. The van der Waals surface area contributed by atoms with Gasteiger partial charge in [0, 0.05) is 5.39 Å². The molecule has 4 aromatic carbocycles. The van der Waals surface area contributed by atoms with Crippen LogP contribution in [0.4, 0.5) is 4.39 Å². The van der Waals surface area contributed by atoms with Gasteiger partial charge in [0.1, 0.15) is 5.82 Å². The Labute approximate surface area is 195 Å². The van der Waals surface area contributed by atoms with Crippen molar-refractivity contribution in [2.75, 3.05) is 0 Å². The third-order valence-electron chi connectivity index (χ3n) is 6.23. The highest BCUT2D eigenvalue weighted by Crippen LogP contribution is 2.24. The normalized spacial score (nSPS) is 10.8. The Kier molecular flexibility index (Phi) is 7.33. The number of halogens is 1. The predicted molar refractivity (Wildman–Crippen MR) is 135 cm³/mol. The van der Waals surface area contributed by atoms with Crippen LogP contribution in [-0.4, -0.2) is 0 Å². The van der Waals surface area contributed by atoms with Gasteiger partial charge in [-0.2, -0.15) is 5.26 Å². The van der Waals surface area contributed by atoms with E-state index in [1.54, 1.807) is 0 Å². The molecule has 0 aliphatic heterocycles. The van der Waals surface area contributed by atoms with Crippen LogP contribution in [-0.2, 0) is 32.1 Å². The number of rotatable bonds is 9. The first-order chi connectivity index (χ1) is 16.2. The Hall–Kier alpha value is -3.70. The third-order valence-corrected chi connectivity index (χ3v) is 6.23. The van der Waals surface area contributed by atoms with Crippen LogP contribution in [0.25, 0.3) is 10.8 Å². The zero-order chi connectivity index (χ0) is 23.0. The largest absolute Gasteiger partial charge is 0.206 e. The molecule has 0 N–H and O–H groups in total. The molecular formula is C31H28FN. The Morgan fingerprint density at radius 2 is 1.27 bits per heavy atom. The molecular weight excluding hydrogens is 405 g/mol. The maximum Gasteiger partial charge on any atom is 0.134 e. The van der Waals surface area contributed by atoms with Crippen LogP contribution in [0, 0.1) is 17.1 Å². The minimum atomic E-state index is -0.122. The fourth-order valence-corrected chi connectivity index (χ4v) is 4.19. The van der Waals surface area contributed by atoms with Crippen molar-refractivity contribution in [1.82, 2.24) is 0 Å². The summed E-state index contributed by atoms with van der Waals surface area (Å²) in [5, 5.41) is 10.6. The molecule has 1 nitrogen and oxygen atoms in total. The molecule has 0 radical (unpaired) electrons. The first-order valence-corrected chi connectivity index (χ1v) is 11.5. The van der Waals surface area contributed by atoms with Crippen molar-refractivity contribution in [2.24, 2.45) is 0 Å². The average Bonchev–Trinajstić information content (AvgIpc) is 2.86. The van der Waals surface area contributed by atoms with Gasteiger partial charge in [-0.15, -0.1) is 6.58 Å². The number of fused-ring (bicyclic) bond motifs is 1. The molecule has 0 saturated carbocycles. The Morgan fingerprint density at radius 3 is 1.94 bits per heavy atom. The van der Waals surface area contributed by atoms with Gasteiger partial charge in [-0.25, -0.2) is 4.39 Å². The van der Waals surface area contributed by atoms with Crippen LogP contribution >= 0.6 is 0 Å². The molecule has 0 fully saturated rings. The summed E-state index contributed by atoms with van der Waals surface area (Å²) in [6, 6.07) is 28.5. The van der Waals surface area contributed by atoms with Crippen molar-refractivity contribution < 1.29 is 4.39 Å². The Bertz CT molecular complexity index is 1280. The third kappa shape index (κ3) is 5.76. The summed E-state index contributed by atoms with van der Waals surface area (Å²) < 4.78 is 15.2. The number of hydrogen-bond acceptors (Lipinski definition) is 1. The molecule has 0 bridgehead atoms. The quantitative estimate of drug-likeness (QED) is 0.250. The number of nitriles is 1. The van der Waals surface area contributed by atoms with E-state index in [0.717, 1.165) is 48.6 Å². The first kappa shape index (κ1) is 22.5. The van der Waals surface area contributed by atoms with Gasteiger partial charge in [0.05, 0.1) is 11.6 Å². The van der Waals surface area contributed by atoms with Gasteiger partial charge in [0.15, 0.2) is 0 Å². The van der Waals surface area contributed by atoms with E-state index in [1.165, 1.54) is 16.7 Å². The summed E-state index contributed by atoms with van der Waals surface area (Å²) in [6.07, 6.45) is 7.29. The van der Waals surface area contributed by atoms with Crippen molar-refractivity contribution >= 4 is 10.8 Å². The lowest BCUT2D eigenvalue weighted by molar-refractivity contribution is 0.620. The molecule has 4 aromatic rings. The van der Waals surface area contributed by atoms with Gasteiger partial charge in [-0.1, -0.05) is 72.8 Å². The SMILES string of the molecule is C=CCCc1ccc(CCc2ccc3c(F)c(CCc4ccc(C#N)cc4)ccc3c2)cc1. The topological polar surface area (TPSA) is 23.8 Å². The average molecular weight is 434 g/mol. The predicted octanol–water partition coefficient (Wildman–Crippen LogP) is 7.54. The second kappa shape index (κ2) is 10.7. The summed E-state index contributed by atoms with van der Waals surface area (Å²) in [6.45, 7) is 3.78. The minimum absolute atomic E-state index is 0.122. The molecule has 0 amide bonds.